The van der Waals surface area contributed by atoms with E-state index in [2.05, 4.69) is 25.1 Å². The van der Waals surface area contributed by atoms with Crippen molar-refractivity contribution in [1.82, 2.24) is 0 Å². The molecule has 0 bridgehead atoms. The molecule has 0 aliphatic rings. The predicted octanol–water partition coefficient (Wildman–Crippen LogP) is 4.46. The predicted molar refractivity (Wildman–Crippen MR) is 80.0 cm³/mol. The standard InChI is InChI=1S/C18H20O/c1-11-6-12(2)10-16(9-11)18(19)17-14(4)7-13(3)8-15(17)5/h6-10H,1-5H3. The SMILES string of the molecule is Cc1cc(C)cc(C(=O)c2c(C)cc(C)cc2C)c1. The summed E-state index contributed by atoms with van der Waals surface area (Å²) in [7, 11) is 0. The summed E-state index contributed by atoms with van der Waals surface area (Å²) in [5, 5.41) is 0. The zero-order chi connectivity index (χ0) is 14.2. The molecule has 0 aliphatic heterocycles. The molecular formula is C18H20O. The molecule has 1 nitrogen and oxygen atoms in total. The lowest BCUT2D eigenvalue weighted by molar-refractivity contribution is 0.103. The van der Waals surface area contributed by atoms with Crippen LogP contribution in [0.4, 0.5) is 0 Å². The summed E-state index contributed by atoms with van der Waals surface area (Å²) in [4.78, 5) is 12.7. The maximum absolute atomic E-state index is 12.7. The Kier molecular flexibility index (Phi) is 3.57. The van der Waals surface area contributed by atoms with Gasteiger partial charge in [0.2, 0.25) is 0 Å². The monoisotopic (exact) mass is 252 g/mol. The molecule has 0 aromatic heterocycles. The van der Waals surface area contributed by atoms with E-state index in [-0.39, 0.29) is 5.78 Å². The van der Waals surface area contributed by atoms with Crippen molar-refractivity contribution in [3.8, 4) is 0 Å². The lowest BCUT2D eigenvalue weighted by Crippen LogP contribution is -2.07. The van der Waals surface area contributed by atoms with Crippen molar-refractivity contribution in [2.45, 2.75) is 34.6 Å². The number of carbonyl (C=O) groups excluding carboxylic acids is 1. The number of carbonyl (C=O) groups is 1. The van der Waals surface area contributed by atoms with Crippen LogP contribution in [0, 0.1) is 34.6 Å². The number of benzene rings is 2. The topological polar surface area (TPSA) is 17.1 Å². The highest BCUT2D eigenvalue weighted by atomic mass is 16.1. The molecule has 2 aromatic carbocycles. The van der Waals surface area contributed by atoms with Gasteiger partial charge in [-0.2, -0.15) is 0 Å². The first kappa shape index (κ1) is 13.5. The van der Waals surface area contributed by atoms with Gasteiger partial charge in [-0.3, -0.25) is 4.79 Å². The Morgan fingerprint density at radius 2 is 1.11 bits per heavy atom. The summed E-state index contributed by atoms with van der Waals surface area (Å²) in [5.41, 5.74) is 7.20. The van der Waals surface area contributed by atoms with E-state index in [0.29, 0.717) is 0 Å². The van der Waals surface area contributed by atoms with Gasteiger partial charge in [0.15, 0.2) is 5.78 Å². The van der Waals surface area contributed by atoms with Crippen LogP contribution in [0.2, 0.25) is 0 Å². The van der Waals surface area contributed by atoms with Crippen molar-refractivity contribution >= 4 is 5.78 Å². The third-order valence-electron chi connectivity index (χ3n) is 3.39. The fraction of sp³-hybridized carbons (Fsp3) is 0.278. The molecule has 0 atom stereocenters. The molecule has 2 rings (SSSR count). The van der Waals surface area contributed by atoms with Gasteiger partial charge in [-0.1, -0.05) is 34.9 Å². The first-order valence-electron chi connectivity index (χ1n) is 6.59. The molecule has 0 saturated heterocycles. The van der Waals surface area contributed by atoms with E-state index in [1.165, 1.54) is 5.56 Å². The summed E-state index contributed by atoms with van der Waals surface area (Å²) in [6, 6.07) is 10.2. The number of ketones is 1. The van der Waals surface area contributed by atoms with Gasteiger partial charge in [0.1, 0.15) is 0 Å². The van der Waals surface area contributed by atoms with Gasteiger partial charge in [0.05, 0.1) is 0 Å². The fourth-order valence-corrected chi connectivity index (χ4v) is 2.79. The van der Waals surface area contributed by atoms with E-state index in [1.807, 2.05) is 39.8 Å². The lowest BCUT2D eigenvalue weighted by Gasteiger charge is -2.11. The van der Waals surface area contributed by atoms with Gasteiger partial charge >= 0.3 is 0 Å². The molecular weight excluding hydrogens is 232 g/mol. The Labute approximate surface area is 115 Å². The molecule has 0 fully saturated rings. The Balaban J connectivity index is 2.56. The number of hydrogen-bond donors (Lipinski definition) is 0. The lowest BCUT2D eigenvalue weighted by atomic mass is 9.92. The number of hydrogen-bond acceptors (Lipinski definition) is 1. The molecule has 0 N–H and O–H groups in total. The van der Waals surface area contributed by atoms with E-state index < -0.39 is 0 Å². The van der Waals surface area contributed by atoms with E-state index >= 15 is 0 Å². The van der Waals surface area contributed by atoms with Crippen molar-refractivity contribution in [3.05, 3.63) is 69.3 Å². The Hall–Kier alpha value is -1.89. The van der Waals surface area contributed by atoms with Crippen LogP contribution < -0.4 is 0 Å². The second kappa shape index (κ2) is 5.00. The highest BCUT2D eigenvalue weighted by molar-refractivity contribution is 6.11. The van der Waals surface area contributed by atoms with Crippen LogP contribution in [0.25, 0.3) is 0 Å². The zero-order valence-corrected chi connectivity index (χ0v) is 12.3. The summed E-state index contributed by atoms with van der Waals surface area (Å²) in [6.07, 6.45) is 0. The molecule has 0 spiro atoms. The first-order valence-corrected chi connectivity index (χ1v) is 6.59. The van der Waals surface area contributed by atoms with E-state index in [0.717, 1.165) is 33.4 Å². The van der Waals surface area contributed by atoms with Crippen molar-refractivity contribution in [2.75, 3.05) is 0 Å². The average Bonchev–Trinajstić information content (AvgIpc) is 2.25. The summed E-state index contributed by atoms with van der Waals surface area (Å²) >= 11 is 0. The van der Waals surface area contributed by atoms with Gasteiger partial charge in [0.25, 0.3) is 0 Å². The first-order chi connectivity index (χ1) is 8.88. The van der Waals surface area contributed by atoms with Crippen molar-refractivity contribution in [1.29, 1.82) is 0 Å². The second-order valence-electron chi connectivity index (χ2n) is 5.48. The summed E-state index contributed by atoms with van der Waals surface area (Å²) < 4.78 is 0. The molecule has 1 heteroatoms. The molecule has 0 saturated carbocycles. The molecule has 0 unspecified atom stereocenters. The minimum Gasteiger partial charge on any atom is -0.289 e. The van der Waals surface area contributed by atoms with Crippen molar-refractivity contribution in [3.63, 3.8) is 0 Å². The summed E-state index contributed by atoms with van der Waals surface area (Å²) in [5.74, 6) is 0.127. The van der Waals surface area contributed by atoms with Crippen LogP contribution in [0.3, 0.4) is 0 Å². The van der Waals surface area contributed by atoms with Crippen molar-refractivity contribution in [2.24, 2.45) is 0 Å². The highest BCUT2D eigenvalue weighted by Crippen LogP contribution is 2.21. The molecule has 98 valence electrons. The van der Waals surface area contributed by atoms with Gasteiger partial charge in [0, 0.05) is 11.1 Å². The molecule has 0 heterocycles. The molecule has 0 radical (unpaired) electrons. The third-order valence-corrected chi connectivity index (χ3v) is 3.39. The normalized spacial score (nSPS) is 10.6. The quantitative estimate of drug-likeness (QED) is 0.721. The minimum atomic E-state index is 0.127. The highest BCUT2D eigenvalue weighted by Gasteiger charge is 2.15. The Bertz CT molecular complexity index is 607. The molecule has 0 amide bonds. The molecule has 0 aliphatic carbocycles. The maximum atomic E-state index is 12.7. The number of rotatable bonds is 2. The second-order valence-corrected chi connectivity index (χ2v) is 5.48. The van der Waals surface area contributed by atoms with Crippen LogP contribution in [0.5, 0.6) is 0 Å². The van der Waals surface area contributed by atoms with Crippen LogP contribution in [0.1, 0.15) is 43.7 Å². The molecule has 19 heavy (non-hydrogen) atoms. The average molecular weight is 252 g/mol. The van der Waals surface area contributed by atoms with E-state index in [1.54, 1.807) is 0 Å². The zero-order valence-electron chi connectivity index (χ0n) is 12.3. The smallest absolute Gasteiger partial charge is 0.193 e. The van der Waals surface area contributed by atoms with Crippen LogP contribution in [-0.2, 0) is 0 Å². The minimum absolute atomic E-state index is 0.127. The van der Waals surface area contributed by atoms with Gasteiger partial charge in [-0.25, -0.2) is 0 Å². The van der Waals surface area contributed by atoms with E-state index in [4.69, 9.17) is 0 Å². The maximum Gasteiger partial charge on any atom is 0.193 e. The van der Waals surface area contributed by atoms with Gasteiger partial charge < -0.3 is 0 Å². The third kappa shape index (κ3) is 2.76. The Morgan fingerprint density at radius 3 is 1.58 bits per heavy atom. The fourth-order valence-electron chi connectivity index (χ4n) is 2.79. The summed E-state index contributed by atoms with van der Waals surface area (Å²) in [6.45, 7) is 10.1. The van der Waals surface area contributed by atoms with Crippen LogP contribution in [-0.4, -0.2) is 5.78 Å². The van der Waals surface area contributed by atoms with Crippen molar-refractivity contribution < 1.29 is 4.79 Å². The largest absolute Gasteiger partial charge is 0.289 e. The van der Waals surface area contributed by atoms with Crippen LogP contribution in [0.15, 0.2) is 30.3 Å². The van der Waals surface area contributed by atoms with E-state index in [9.17, 15) is 4.79 Å². The molecule has 2 aromatic rings. The van der Waals surface area contributed by atoms with Gasteiger partial charge in [-0.15, -0.1) is 0 Å². The van der Waals surface area contributed by atoms with Gasteiger partial charge in [-0.05, 0) is 57.9 Å². The van der Waals surface area contributed by atoms with Crippen LogP contribution >= 0.6 is 0 Å². The Morgan fingerprint density at radius 1 is 0.684 bits per heavy atom. The number of aryl methyl sites for hydroxylation is 5.